The molecule has 5 aliphatic carbocycles. The smallest absolute Gasteiger partial charge is 0.245 e. The van der Waals surface area contributed by atoms with Crippen LogP contribution < -0.4 is 10.6 Å². The van der Waals surface area contributed by atoms with Gasteiger partial charge in [0.2, 0.25) is 11.8 Å². The highest BCUT2D eigenvalue weighted by Crippen LogP contribution is 2.53. The van der Waals surface area contributed by atoms with E-state index in [4.69, 9.17) is 0 Å². The van der Waals surface area contributed by atoms with Gasteiger partial charge in [0, 0.05) is 12.0 Å². The Morgan fingerprint density at radius 3 is 2.04 bits per heavy atom. The van der Waals surface area contributed by atoms with Gasteiger partial charge in [0.1, 0.15) is 6.04 Å². The fourth-order valence-corrected chi connectivity index (χ4v) is 5.44. The Morgan fingerprint density at radius 1 is 1.00 bits per heavy atom. The van der Waals surface area contributed by atoms with E-state index in [2.05, 4.69) is 10.6 Å². The minimum atomic E-state index is -0.866. The molecule has 5 aliphatic rings. The predicted octanol–water partition coefficient (Wildman–Crippen LogP) is 1.20. The lowest BCUT2D eigenvalue weighted by Crippen LogP contribution is -2.60. The molecule has 0 aromatic rings. The van der Waals surface area contributed by atoms with Crippen LogP contribution in [0, 0.1) is 29.6 Å². The molecule has 5 nitrogen and oxygen atoms in total. The van der Waals surface area contributed by atoms with E-state index < -0.39 is 12.1 Å². The summed E-state index contributed by atoms with van der Waals surface area (Å²) in [5.74, 6) is 2.70. The van der Waals surface area contributed by atoms with E-state index in [0.717, 1.165) is 24.7 Å². The van der Waals surface area contributed by atoms with E-state index in [0.29, 0.717) is 11.8 Å². The molecule has 0 spiro atoms. The topological polar surface area (TPSA) is 78.4 Å². The van der Waals surface area contributed by atoms with Gasteiger partial charge in [-0.05, 0) is 75.5 Å². The van der Waals surface area contributed by atoms with Crippen LogP contribution >= 0.6 is 0 Å². The summed E-state index contributed by atoms with van der Waals surface area (Å²) >= 11 is 0. The SMILES string of the molecule is C[C@H](O)[C@H](NC(=O)C1CC1)C(=O)NC1C2CC3CC(C2)CC1C3. The molecule has 0 aliphatic heterocycles. The first-order valence-electron chi connectivity index (χ1n) is 9.30. The maximum Gasteiger partial charge on any atom is 0.245 e. The van der Waals surface area contributed by atoms with Gasteiger partial charge in [-0.2, -0.15) is 0 Å². The first kappa shape index (κ1) is 15.4. The Labute approximate surface area is 137 Å². The highest BCUT2D eigenvalue weighted by atomic mass is 16.3. The van der Waals surface area contributed by atoms with Gasteiger partial charge in [-0.1, -0.05) is 0 Å². The molecule has 23 heavy (non-hydrogen) atoms. The van der Waals surface area contributed by atoms with Crippen molar-refractivity contribution in [2.45, 2.75) is 70.1 Å². The normalized spacial score (nSPS) is 40.5. The molecule has 0 unspecified atom stereocenters. The second-order valence-corrected chi connectivity index (χ2v) is 8.47. The van der Waals surface area contributed by atoms with Gasteiger partial charge in [-0.3, -0.25) is 9.59 Å². The average molecular weight is 320 g/mol. The highest BCUT2D eigenvalue weighted by molar-refractivity contribution is 5.90. The summed E-state index contributed by atoms with van der Waals surface area (Å²) in [6, 6.07) is -0.574. The van der Waals surface area contributed by atoms with Gasteiger partial charge in [-0.25, -0.2) is 0 Å². The maximum atomic E-state index is 12.7. The molecule has 5 heteroatoms. The number of rotatable bonds is 5. The van der Waals surface area contributed by atoms with Gasteiger partial charge in [-0.15, -0.1) is 0 Å². The quantitative estimate of drug-likeness (QED) is 0.712. The molecule has 0 heterocycles. The van der Waals surface area contributed by atoms with E-state index in [9.17, 15) is 14.7 Å². The van der Waals surface area contributed by atoms with E-state index in [-0.39, 0.29) is 23.8 Å². The molecule has 0 radical (unpaired) electrons. The van der Waals surface area contributed by atoms with Crippen molar-refractivity contribution in [2.24, 2.45) is 29.6 Å². The van der Waals surface area contributed by atoms with Crippen molar-refractivity contribution >= 4 is 11.8 Å². The standard InChI is InChI=1S/C18H28N2O3/c1-9(21)15(19-17(22)12-2-3-12)18(23)20-16-13-5-10-4-11(7-13)8-14(16)6-10/h9-16,21H,2-8H2,1H3,(H,19,22)(H,20,23)/t9-,10?,11?,13?,14?,15-,16?/m0/s1. The van der Waals surface area contributed by atoms with Gasteiger partial charge >= 0.3 is 0 Å². The van der Waals surface area contributed by atoms with Crippen LogP contribution in [0.1, 0.15) is 51.9 Å². The molecule has 0 saturated heterocycles. The van der Waals surface area contributed by atoms with E-state index in [1.807, 2.05) is 0 Å². The fraction of sp³-hybridized carbons (Fsp3) is 0.889. The minimum absolute atomic E-state index is 0.0465. The summed E-state index contributed by atoms with van der Waals surface area (Å²) in [6.45, 7) is 1.58. The van der Waals surface area contributed by atoms with Crippen molar-refractivity contribution in [3.8, 4) is 0 Å². The van der Waals surface area contributed by atoms with E-state index in [1.165, 1.54) is 32.1 Å². The lowest BCUT2D eigenvalue weighted by atomic mass is 9.54. The third-order valence-corrected chi connectivity index (χ3v) is 6.55. The summed E-state index contributed by atoms with van der Waals surface area (Å²) in [5, 5.41) is 15.9. The molecule has 4 bridgehead atoms. The lowest BCUT2D eigenvalue weighted by Gasteiger charge is -2.54. The van der Waals surface area contributed by atoms with Gasteiger partial charge in [0.15, 0.2) is 0 Å². The third kappa shape index (κ3) is 3.00. The number of nitrogens with one attached hydrogen (secondary N) is 2. The Hall–Kier alpha value is -1.10. The third-order valence-electron chi connectivity index (χ3n) is 6.55. The zero-order chi connectivity index (χ0) is 16.1. The highest BCUT2D eigenvalue weighted by Gasteiger charge is 2.49. The second kappa shape index (κ2) is 5.76. The Bertz CT molecular complexity index is 472. The predicted molar refractivity (Wildman–Crippen MR) is 85.3 cm³/mol. The van der Waals surface area contributed by atoms with Gasteiger partial charge < -0.3 is 15.7 Å². The number of hydrogen-bond acceptors (Lipinski definition) is 3. The summed E-state index contributed by atoms with van der Waals surface area (Å²) in [7, 11) is 0. The van der Waals surface area contributed by atoms with Crippen LogP contribution in [-0.2, 0) is 9.59 Å². The zero-order valence-corrected chi connectivity index (χ0v) is 13.8. The van der Waals surface area contributed by atoms with Crippen molar-refractivity contribution < 1.29 is 14.7 Å². The van der Waals surface area contributed by atoms with Crippen LogP contribution in [-0.4, -0.2) is 35.1 Å². The van der Waals surface area contributed by atoms with Crippen molar-refractivity contribution in [3.05, 3.63) is 0 Å². The van der Waals surface area contributed by atoms with E-state index >= 15 is 0 Å². The van der Waals surface area contributed by atoms with Crippen molar-refractivity contribution in [1.29, 1.82) is 0 Å². The molecule has 5 fully saturated rings. The summed E-state index contributed by atoms with van der Waals surface area (Å²) in [6.07, 6.45) is 7.29. The Morgan fingerprint density at radius 2 is 1.57 bits per heavy atom. The summed E-state index contributed by atoms with van der Waals surface area (Å²) < 4.78 is 0. The molecular weight excluding hydrogens is 292 g/mol. The zero-order valence-electron chi connectivity index (χ0n) is 13.8. The maximum absolute atomic E-state index is 12.7. The van der Waals surface area contributed by atoms with Gasteiger partial charge in [0.05, 0.1) is 6.10 Å². The average Bonchev–Trinajstić information content (AvgIpc) is 3.31. The van der Waals surface area contributed by atoms with Crippen LogP contribution in [0.15, 0.2) is 0 Å². The van der Waals surface area contributed by atoms with Crippen LogP contribution in [0.3, 0.4) is 0 Å². The number of aliphatic hydroxyl groups excluding tert-OH is 1. The molecule has 5 saturated carbocycles. The molecule has 128 valence electrons. The molecule has 5 rings (SSSR count). The number of amides is 2. The van der Waals surface area contributed by atoms with Crippen LogP contribution in [0.4, 0.5) is 0 Å². The van der Waals surface area contributed by atoms with Crippen molar-refractivity contribution in [2.75, 3.05) is 0 Å². The Kier molecular flexibility index (Phi) is 3.87. The van der Waals surface area contributed by atoms with Crippen LogP contribution in [0.2, 0.25) is 0 Å². The van der Waals surface area contributed by atoms with Gasteiger partial charge in [0.25, 0.3) is 0 Å². The fourth-order valence-electron chi connectivity index (χ4n) is 5.44. The van der Waals surface area contributed by atoms with Crippen LogP contribution in [0.5, 0.6) is 0 Å². The molecule has 0 aromatic carbocycles. The largest absolute Gasteiger partial charge is 0.391 e. The summed E-state index contributed by atoms with van der Waals surface area (Å²) in [5.41, 5.74) is 0. The Balaban J connectivity index is 1.40. The molecule has 2 amide bonds. The number of carbonyl (C=O) groups excluding carboxylic acids is 2. The number of aliphatic hydroxyl groups is 1. The molecule has 2 atom stereocenters. The van der Waals surface area contributed by atoms with Crippen LogP contribution in [0.25, 0.3) is 0 Å². The van der Waals surface area contributed by atoms with Crippen molar-refractivity contribution in [3.63, 3.8) is 0 Å². The second-order valence-electron chi connectivity index (χ2n) is 8.47. The molecule has 3 N–H and O–H groups in total. The lowest BCUT2D eigenvalue weighted by molar-refractivity contribution is -0.134. The number of hydrogen-bond donors (Lipinski definition) is 3. The molecule has 0 aromatic heterocycles. The first-order chi connectivity index (χ1) is 11.0. The first-order valence-corrected chi connectivity index (χ1v) is 9.30. The monoisotopic (exact) mass is 320 g/mol. The van der Waals surface area contributed by atoms with Crippen molar-refractivity contribution in [1.82, 2.24) is 10.6 Å². The number of carbonyl (C=O) groups is 2. The van der Waals surface area contributed by atoms with E-state index in [1.54, 1.807) is 6.92 Å². The summed E-state index contributed by atoms with van der Waals surface area (Å²) in [4.78, 5) is 24.6. The molecular formula is C18H28N2O3. The minimum Gasteiger partial charge on any atom is -0.391 e.